The summed E-state index contributed by atoms with van der Waals surface area (Å²) in [5.41, 5.74) is 1.05. The second-order valence-corrected chi connectivity index (χ2v) is 6.96. The van der Waals surface area contributed by atoms with E-state index in [1.165, 1.54) is 12.8 Å². The Morgan fingerprint density at radius 3 is 2.61 bits per heavy atom. The summed E-state index contributed by atoms with van der Waals surface area (Å²) in [7, 11) is 0. The molecule has 0 unspecified atom stereocenters. The van der Waals surface area contributed by atoms with E-state index in [0.29, 0.717) is 12.5 Å². The third-order valence-corrected chi connectivity index (χ3v) is 4.95. The second kappa shape index (κ2) is 8.69. The highest BCUT2D eigenvalue weighted by Crippen LogP contribution is 2.12. The van der Waals surface area contributed by atoms with Crippen molar-refractivity contribution < 1.29 is 4.79 Å². The molecule has 3 heterocycles. The fraction of sp³-hybridized carbons (Fsp3) is 0.400. The molecule has 8 nitrogen and oxygen atoms in total. The van der Waals surface area contributed by atoms with E-state index in [2.05, 4.69) is 20.4 Å². The van der Waals surface area contributed by atoms with Gasteiger partial charge in [0.05, 0.1) is 6.54 Å². The number of hydrogen-bond donors (Lipinski definition) is 1. The maximum absolute atomic E-state index is 12.5. The van der Waals surface area contributed by atoms with Gasteiger partial charge in [-0.15, -0.1) is 5.10 Å². The number of rotatable bonds is 6. The number of imidazole rings is 1. The molecule has 0 atom stereocenters. The van der Waals surface area contributed by atoms with Crippen molar-refractivity contribution in [1.29, 1.82) is 0 Å². The monoisotopic (exact) mass is 379 g/mol. The largest absolute Gasteiger partial charge is 0.346 e. The van der Waals surface area contributed by atoms with Gasteiger partial charge in [-0.1, -0.05) is 31.0 Å². The number of likely N-dealkylation sites (tertiary alicyclic amines) is 1. The van der Waals surface area contributed by atoms with Gasteiger partial charge >= 0.3 is 0 Å². The number of hydrogen-bond acceptors (Lipinski definition) is 5. The van der Waals surface area contributed by atoms with Crippen molar-refractivity contribution in [2.24, 2.45) is 0 Å². The predicted octanol–water partition coefficient (Wildman–Crippen LogP) is 2.48. The number of nitrogens with zero attached hydrogens (tertiary/aromatic N) is 6. The van der Waals surface area contributed by atoms with Gasteiger partial charge in [0.2, 0.25) is 11.9 Å². The fourth-order valence-electron chi connectivity index (χ4n) is 3.46. The lowest BCUT2D eigenvalue weighted by atomic mass is 10.2. The summed E-state index contributed by atoms with van der Waals surface area (Å²) in [6.45, 7) is 2.42. The number of carbonyl (C=O) groups is 1. The van der Waals surface area contributed by atoms with E-state index in [4.69, 9.17) is 0 Å². The predicted molar refractivity (Wildman–Crippen MR) is 106 cm³/mol. The molecule has 4 rings (SSSR count). The standard InChI is InChI=1S/C20H25N7O/c28-19(25-11-6-1-2-7-12-25)15-26-16-23-20(24-26)22-14-18-21-10-13-27(18)17-8-4-3-5-9-17/h3-5,8-10,13,16H,1-2,6-7,11-12,14-15H2,(H,22,24). The summed E-state index contributed by atoms with van der Waals surface area (Å²) in [5.74, 6) is 1.47. The maximum atomic E-state index is 12.5. The minimum absolute atomic E-state index is 0.109. The summed E-state index contributed by atoms with van der Waals surface area (Å²) in [6.07, 6.45) is 9.89. The molecule has 0 aliphatic carbocycles. The lowest BCUT2D eigenvalue weighted by Gasteiger charge is -2.19. The van der Waals surface area contributed by atoms with E-state index in [9.17, 15) is 4.79 Å². The van der Waals surface area contributed by atoms with E-state index in [0.717, 1.165) is 37.4 Å². The van der Waals surface area contributed by atoms with Crippen LogP contribution in [0.15, 0.2) is 49.1 Å². The van der Waals surface area contributed by atoms with Crippen molar-refractivity contribution in [3.05, 3.63) is 54.9 Å². The Morgan fingerprint density at radius 2 is 1.82 bits per heavy atom. The summed E-state index contributed by atoms with van der Waals surface area (Å²) >= 11 is 0. The van der Waals surface area contributed by atoms with Crippen LogP contribution in [0.4, 0.5) is 5.95 Å². The Hall–Kier alpha value is -3.16. The van der Waals surface area contributed by atoms with Crippen molar-refractivity contribution in [3.8, 4) is 5.69 Å². The molecule has 146 valence electrons. The molecular weight excluding hydrogens is 354 g/mol. The minimum Gasteiger partial charge on any atom is -0.346 e. The Kier molecular flexibility index (Phi) is 5.65. The SMILES string of the molecule is O=C(Cn1cnc(NCc2nccn2-c2ccccc2)n1)N1CCCCCC1. The Balaban J connectivity index is 1.34. The van der Waals surface area contributed by atoms with E-state index in [1.807, 2.05) is 46.0 Å². The third-order valence-electron chi connectivity index (χ3n) is 4.95. The van der Waals surface area contributed by atoms with Gasteiger partial charge in [0.25, 0.3) is 0 Å². The van der Waals surface area contributed by atoms with E-state index >= 15 is 0 Å². The molecule has 1 fully saturated rings. The molecule has 28 heavy (non-hydrogen) atoms. The average Bonchev–Trinajstić information content (AvgIpc) is 3.28. The summed E-state index contributed by atoms with van der Waals surface area (Å²) in [5, 5.41) is 7.57. The molecule has 3 aromatic rings. The quantitative estimate of drug-likeness (QED) is 0.712. The molecule has 2 aromatic heterocycles. The second-order valence-electron chi connectivity index (χ2n) is 6.96. The number of anilines is 1. The Labute approximate surface area is 164 Å². The topological polar surface area (TPSA) is 80.9 Å². The number of carbonyl (C=O) groups excluding carboxylic acids is 1. The highest BCUT2D eigenvalue weighted by Gasteiger charge is 2.16. The molecule has 1 aromatic carbocycles. The molecule has 1 N–H and O–H groups in total. The molecule has 0 spiro atoms. The molecule has 0 bridgehead atoms. The summed E-state index contributed by atoms with van der Waals surface area (Å²) in [6, 6.07) is 10.1. The van der Waals surface area contributed by atoms with Crippen molar-refractivity contribution >= 4 is 11.9 Å². The van der Waals surface area contributed by atoms with Crippen LogP contribution in [0.25, 0.3) is 5.69 Å². The highest BCUT2D eigenvalue weighted by atomic mass is 16.2. The van der Waals surface area contributed by atoms with Crippen molar-refractivity contribution in [2.45, 2.75) is 38.8 Å². The van der Waals surface area contributed by atoms with Gasteiger partial charge in [0, 0.05) is 31.2 Å². The summed E-state index contributed by atoms with van der Waals surface area (Å²) < 4.78 is 3.62. The van der Waals surface area contributed by atoms with Crippen LogP contribution in [0.3, 0.4) is 0 Å². The van der Waals surface area contributed by atoms with Crippen LogP contribution in [-0.4, -0.2) is 48.2 Å². The first-order valence-electron chi connectivity index (χ1n) is 9.78. The maximum Gasteiger partial charge on any atom is 0.244 e. The van der Waals surface area contributed by atoms with Gasteiger partial charge in [-0.3, -0.25) is 4.79 Å². The van der Waals surface area contributed by atoms with Gasteiger partial charge in [0.15, 0.2) is 0 Å². The smallest absolute Gasteiger partial charge is 0.244 e. The van der Waals surface area contributed by atoms with Gasteiger partial charge in [-0.05, 0) is 25.0 Å². The zero-order valence-electron chi connectivity index (χ0n) is 15.9. The lowest BCUT2D eigenvalue weighted by molar-refractivity contribution is -0.132. The molecule has 1 amide bonds. The average molecular weight is 379 g/mol. The van der Waals surface area contributed by atoms with Crippen LogP contribution in [0.1, 0.15) is 31.5 Å². The fourth-order valence-corrected chi connectivity index (χ4v) is 3.46. The summed E-state index contributed by atoms with van der Waals surface area (Å²) in [4.78, 5) is 23.1. The first-order chi connectivity index (χ1) is 13.8. The van der Waals surface area contributed by atoms with Crippen molar-refractivity contribution in [2.75, 3.05) is 18.4 Å². The van der Waals surface area contributed by atoms with Crippen LogP contribution >= 0.6 is 0 Å². The molecule has 1 saturated heterocycles. The van der Waals surface area contributed by atoms with Crippen LogP contribution in [-0.2, 0) is 17.9 Å². The highest BCUT2D eigenvalue weighted by molar-refractivity contribution is 5.75. The Morgan fingerprint density at radius 1 is 1.04 bits per heavy atom. The van der Waals surface area contributed by atoms with Crippen LogP contribution in [0, 0.1) is 0 Å². The normalized spacial score (nSPS) is 14.6. The Bertz CT molecular complexity index is 894. The number of nitrogens with one attached hydrogen (secondary N) is 1. The van der Waals surface area contributed by atoms with Gasteiger partial charge < -0.3 is 14.8 Å². The lowest BCUT2D eigenvalue weighted by Crippen LogP contribution is -2.34. The number of benzene rings is 1. The van der Waals surface area contributed by atoms with Crippen molar-refractivity contribution in [3.63, 3.8) is 0 Å². The molecule has 8 heteroatoms. The van der Waals surface area contributed by atoms with Crippen LogP contribution < -0.4 is 5.32 Å². The van der Waals surface area contributed by atoms with Crippen LogP contribution in [0.5, 0.6) is 0 Å². The molecule has 0 radical (unpaired) electrons. The molecule has 1 aliphatic rings. The van der Waals surface area contributed by atoms with Gasteiger partial charge in [-0.25, -0.2) is 14.6 Å². The first kappa shape index (κ1) is 18.2. The third kappa shape index (κ3) is 4.39. The van der Waals surface area contributed by atoms with E-state index in [-0.39, 0.29) is 12.5 Å². The van der Waals surface area contributed by atoms with E-state index in [1.54, 1.807) is 17.2 Å². The van der Waals surface area contributed by atoms with E-state index < -0.39 is 0 Å². The van der Waals surface area contributed by atoms with Gasteiger partial charge in [-0.2, -0.15) is 0 Å². The van der Waals surface area contributed by atoms with Gasteiger partial charge in [0.1, 0.15) is 18.7 Å². The first-order valence-corrected chi connectivity index (χ1v) is 9.78. The molecule has 0 saturated carbocycles. The van der Waals surface area contributed by atoms with Crippen LogP contribution in [0.2, 0.25) is 0 Å². The zero-order chi connectivity index (χ0) is 19.2. The molecular formula is C20H25N7O. The zero-order valence-corrected chi connectivity index (χ0v) is 15.9. The van der Waals surface area contributed by atoms with Crippen molar-refractivity contribution in [1.82, 2.24) is 29.2 Å². The number of aromatic nitrogens is 5. The number of para-hydroxylation sites is 1. The minimum atomic E-state index is 0.109. The number of amides is 1. The molecule has 1 aliphatic heterocycles.